The molecule has 0 aliphatic heterocycles. The summed E-state index contributed by atoms with van der Waals surface area (Å²) >= 11 is 0. The quantitative estimate of drug-likeness (QED) is 0.604. The van der Waals surface area contributed by atoms with Gasteiger partial charge in [-0.1, -0.05) is 0 Å². The molecule has 0 fully saturated rings. The predicted molar refractivity (Wildman–Crippen MR) is 52.0 cm³/mol. The normalized spacial score (nSPS) is 10.4. The van der Waals surface area contributed by atoms with Gasteiger partial charge in [0.05, 0.1) is 12.1 Å². The Bertz CT molecular complexity index is 300. The van der Waals surface area contributed by atoms with E-state index < -0.39 is 5.97 Å². The molecule has 78 valence electrons. The maximum Gasteiger partial charge on any atom is 0.304 e. The summed E-state index contributed by atoms with van der Waals surface area (Å²) in [7, 11) is 0. The van der Waals surface area contributed by atoms with Crippen LogP contribution in [0, 0.1) is 13.8 Å². The van der Waals surface area contributed by atoms with E-state index in [0.29, 0.717) is 13.1 Å². The summed E-state index contributed by atoms with van der Waals surface area (Å²) in [4.78, 5) is 10.2. The Morgan fingerprint density at radius 1 is 1.57 bits per heavy atom. The largest absolute Gasteiger partial charge is 0.481 e. The van der Waals surface area contributed by atoms with Gasteiger partial charge in [0.25, 0.3) is 0 Å². The van der Waals surface area contributed by atoms with E-state index in [1.54, 1.807) is 0 Å². The van der Waals surface area contributed by atoms with Crippen LogP contribution in [0.3, 0.4) is 0 Å². The Balaban J connectivity index is 2.34. The smallest absolute Gasteiger partial charge is 0.304 e. The van der Waals surface area contributed by atoms with Crippen LogP contribution in [0.2, 0.25) is 0 Å². The summed E-state index contributed by atoms with van der Waals surface area (Å²) in [5.74, 6) is -0.780. The van der Waals surface area contributed by atoms with E-state index in [0.717, 1.165) is 17.0 Å². The van der Waals surface area contributed by atoms with Gasteiger partial charge >= 0.3 is 5.97 Å². The Morgan fingerprint density at radius 3 is 2.79 bits per heavy atom. The number of carbonyl (C=O) groups is 1. The van der Waals surface area contributed by atoms with E-state index in [1.807, 2.05) is 13.8 Å². The molecular formula is C9H15N3O2. The topological polar surface area (TPSA) is 78.0 Å². The highest BCUT2D eigenvalue weighted by molar-refractivity contribution is 5.66. The van der Waals surface area contributed by atoms with E-state index in [2.05, 4.69) is 15.5 Å². The first-order chi connectivity index (χ1) is 6.61. The van der Waals surface area contributed by atoms with Gasteiger partial charge in [0.1, 0.15) is 0 Å². The average Bonchev–Trinajstić information content (AvgIpc) is 2.42. The van der Waals surface area contributed by atoms with E-state index in [9.17, 15) is 4.79 Å². The van der Waals surface area contributed by atoms with Crippen LogP contribution >= 0.6 is 0 Å². The molecule has 3 N–H and O–H groups in total. The van der Waals surface area contributed by atoms with Crippen molar-refractivity contribution in [2.24, 2.45) is 0 Å². The van der Waals surface area contributed by atoms with Crippen LogP contribution in [0.25, 0.3) is 0 Å². The summed E-state index contributed by atoms with van der Waals surface area (Å²) in [5.41, 5.74) is 3.12. The van der Waals surface area contributed by atoms with Crippen LogP contribution in [0.15, 0.2) is 0 Å². The number of aromatic nitrogens is 2. The summed E-state index contributed by atoms with van der Waals surface area (Å²) in [6.07, 6.45) is 0.149. The molecule has 0 radical (unpaired) electrons. The molecule has 0 bridgehead atoms. The fourth-order valence-electron chi connectivity index (χ4n) is 1.24. The van der Waals surface area contributed by atoms with E-state index >= 15 is 0 Å². The van der Waals surface area contributed by atoms with Gasteiger partial charge < -0.3 is 10.4 Å². The fraction of sp³-hybridized carbons (Fsp3) is 0.556. The van der Waals surface area contributed by atoms with Gasteiger partial charge in [-0.25, -0.2) is 0 Å². The SMILES string of the molecule is Cc1n[nH]c(C)c1CNCCC(=O)O. The average molecular weight is 197 g/mol. The maximum atomic E-state index is 10.2. The molecule has 0 saturated heterocycles. The number of nitrogens with zero attached hydrogens (tertiary/aromatic N) is 1. The molecule has 0 atom stereocenters. The van der Waals surface area contributed by atoms with Gasteiger partial charge in [0, 0.05) is 24.3 Å². The number of aliphatic carboxylic acids is 1. The minimum absolute atomic E-state index is 0.149. The molecule has 0 unspecified atom stereocenters. The van der Waals surface area contributed by atoms with Crippen molar-refractivity contribution in [1.82, 2.24) is 15.5 Å². The predicted octanol–water partition coefficient (Wildman–Crippen LogP) is 0.591. The third-order valence-corrected chi connectivity index (χ3v) is 2.10. The van der Waals surface area contributed by atoms with Crippen molar-refractivity contribution in [2.75, 3.05) is 6.54 Å². The molecule has 5 heteroatoms. The van der Waals surface area contributed by atoms with Crippen molar-refractivity contribution in [3.63, 3.8) is 0 Å². The van der Waals surface area contributed by atoms with E-state index in [4.69, 9.17) is 5.11 Å². The minimum Gasteiger partial charge on any atom is -0.481 e. The zero-order valence-corrected chi connectivity index (χ0v) is 8.42. The number of hydrogen-bond acceptors (Lipinski definition) is 3. The first-order valence-electron chi connectivity index (χ1n) is 4.54. The van der Waals surface area contributed by atoms with Crippen LogP contribution in [0.4, 0.5) is 0 Å². The third-order valence-electron chi connectivity index (χ3n) is 2.10. The van der Waals surface area contributed by atoms with Gasteiger partial charge in [0.2, 0.25) is 0 Å². The first-order valence-corrected chi connectivity index (χ1v) is 4.54. The third kappa shape index (κ3) is 2.85. The highest BCUT2D eigenvalue weighted by Gasteiger charge is 2.05. The zero-order chi connectivity index (χ0) is 10.6. The Hall–Kier alpha value is -1.36. The van der Waals surface area contributed by atoms with Crippen molar-refractivity contribution in [2.45, 2.75) is 26.8 Å². The number of hydrogen-bond donors (Lipinski definition) is 3. The van der Waals surface area contributed by atoms with E-state index in [1.165, 1.54) is 0 Å². The van der Waals surface area contributed by atoms with Crippen molar-refractivity contribution in [3.05, 3.63) is 17.0 Å². The number of aromatic amines is 1. The molecule has 0 aliphatic rings. The van der Waals surface area contributed by atoms with Crippen LogP contribution in [-0.2, 0) is 11.3 Å². The van der Waals surface area contributed by atoms with Gasteiger partial charge in [-0.2, -0.15) is 5.10 Å². The zero-order valence-electron chi connectivity index (χ0n) is 8.42. The number of H-pyrrole nitrogens is 1. The van der Waals surface area contributed by atoms with Gasteiger partial charge in [0.15, 0.2) is 0 Å². The molecule has 0 aliphatic carbocycles. The number of aryl methyl sites for hydroxylation is 2. The van der Waals surface area contributed by atoms with Crippen LogP contribution in [-0.4, -0.2) is 27.8 Å². The molecule has 1 aromatic rings. The summed E-state index contributed by atoms with van der Waals surface area (Å²) in [5, 5.41) is 18.4. The highest BCUT2D eigenvalue weighted by Crippen LogP contribution is 2.07. The van der Waals surface area contributed by atoms with Gasteiger partial charge in [-0.3, -0.25) is 9.89 Å². The molecule has 0 amide bonds. The Labute approximate surface area is 82.5 Å². The standard InChI is InChI=1S/C9H15N3O2/c1-6-8(7(2)12-11-6)5-10-4-3-9(13)14/h10H,3-5H2,1-2H3,(H,11,12)(H,13,14). The Kier molecular flexibility index (Phi) is 3.64. The monoisotopic (exact) mass is 197 g/mol. The van der Waals surface area contributed by atoms with Gasteiger partial charge in [-0.15, -0.1) is 0 Å². The molecule has 5 nitrogen and oxygen atoms in total. The fourth-order valence-corrected chi connectivity index (χ4v) is 1.24. The molecule has 1 aromatic heterocycles. The number of rotatable bonds is 5. The Morgan fingerprint density at radius 2 is 2.29 bits per heavy atom. The lowest BCUT2D eigenvalue weighted by molar-refractivity contribution is -0.136. The molecule has 0 saturated carbocycles. The van der Waals surface area contributed by atoms with Crippen LogP contribution < -0.4 is 5.32 Å². The number of nitrogens with one attached hydrogen (secondary N) is 2. The second-order valence-electron chi connectivity index (χ2n) is 3.23. The molecule has 1 rings (SSSR count). The van der Waals surface area contributed by atoms with Crippen LogP contribution in [0.1, 0.15) is 23.4 Å². The number of carboxylic acids is 1. The summed E-state index contributed by atoms with van der Waals surface area (Å²) in [6, 6.07) is 0. The van der Waals surface area contributed by atoms with Crippen LogP contribution in [0.5, 0.6) is 0 Å². The lowest BCUT2D eigenvalue weighted by atomic mass is 10.2. The second kappa shape index (κ2) is 4.76. The second-order valence-corrected chi connectivity index (χ2v) is 3.23. The highest BCUT2D eigenvalue weighted by atomic mass is 16.4. The molecule has 14 heavy (non-hydrogen) atoms. The van der Waals surface area contributed by atoms with Crippen molar-refractivity contribution in [3.8, 4) is 0 Å². The van der Waals surface area contributed by atoms with Gasteiger partial charge in [-0.05, 0) is 13.8 Å². The summed E-state index contributed by atoms with van der Waals surface area (Å²) in [6.45, 7) is 5.03. The lowest BCUT2D eigenvalue weighted by Gasteiger charge is -2.02. The maximum absolute atomic E-state index is 10.2. The molecular weight excluding hydrogens is 182 g/mol. The van der Waals surface area contributed by atoms with Crippen molar-refractivity contribution >= 4 is 5.97 Å². The summed E-state index contributed by atoms with van der Waals surface area (Å²) < 4.78 is 0. The molecule has 1 heterocycles. The molecule has 0 aromatic carbocycles. The minimum atomic E-state index is -0.780. The number of carboxylic acid groups (broad SMARTS) is 1. The van der Waals surface area contributed by atoms with Crippen molar-refractivity contribution < 1.29 is 9.90 Å². The lowest BCUT2D eigenvalue weighted by Crippen LogP contribution is -2.18. The first kappa shape index (κ1) is 10.7. The van der Waals surface area contributed by atoms with E-state index in [-0.39, 0.29) is 6.42 Å². The van der Waals surface area contributed by atoms with Crippen molar-refractivity contribution in [1.29, 1.82) is 0 Å². The molecule has 0 spiro atoms.